The third-order valence-electron chi connectivity index (χ3n) is 6.71. The molecule has 3 aromatic rings. The normalized spacial score (nSPS) is 13.7. The van der Waals surface area contributed by atoms with Crippen LogP contribution in [0.25, 0.3) is 0 Å². The number of nitrogens with zero attached hydrogens (tertiary/aromatic N) is 1. The van der Waals surface area contributed by atoms with Crippen LogP contribution >= 0.6 is 0 Å². The summed E-state index contributed by atoms with van der Waals surface area (Å²) in [6.07, 6.45) is 0.710. The fourth-order valence-corrected chi connectivity index (χ4v) is 20.2. The fraction of sp³-hybridized carbons (Fsp3) is 0.367. The predicted octanol–water partition coefficient (Wildman–Crippen LogP) is 4.64. The molecule has 0 aliphatic carbocycles. The van der Waals surface area contributed by atoms with Gasteiger partial charge in [-0.05, 0) is 0 Å². The number of hydrogen-bond acceptors (Lipinski definition) is 2. The Kier molecular flexibility index (Phi) is 10.3. The minimum absolute atomic E-state index is 0.0288. The first-order chi connectivity index (χ1) is 17.2. The summed E-state index contributed by atoms with van der Waals surface area (Å²) < 4.78 is 8.65. The van der Waals surface area contributed by atoms with Crippen molar-refractivity contribution in [3.63, 3.8) is 0 Å². The Morgan fingerprint density at radius 2 is 1.25 bits per heavy atom. The van der Waals surface area contributed by atoms with Crippen molar-refractivity contribution in [3.05, 3.63) is 91.0 Å². The zero-order valence-corrected chi connectivity index (χ0v) is 26.3. The summed E-state index contributed by atoms with van der Waals surface area (Å²) in [5.41, 5.74) is 0. The molecule has 2 atom stereocenters. The van der Waals surface area contributed by atoms with Gasteiger partial charge in [0.25, 0.3) is 0 Å². The summed E-state index contributed by atoms with van der Waals surface area (Å²) in [6, 6.07) is 32.3. The average molecular weight is 583 g/mol. The van der Waals surface area contributed by atoms with E-state index in [2.05, 4.69) is 125 Å². The Morgan fingerprint density at radius 3 is 1.67 bits per heavy atom. The molecule has 0 N–H and O–H groups in total. The number of carbonyl (C=O) groups is 1. The van der Waals surface area contributed by atoms with Crippen LogP contribution in [-0.2, 0) is 9.22 Å². The van der Waals surface area contributed by atoms with E-state index >= 15 is 0 Å². The molecule has 1 amide bonds. The van der Waals surface area contributed by atoms with Gasteiger partial charge < -0.3 is 0 Å². The van der Waals surface area contributed by atoms with Gasteiger partial charge in [-0.1, -0.05) is 0 Å². The third-order valence-corrected chi connectivity index (χ3v) is 22.9. The van der Waals surface area contributed by atoms with Crippen LogP contribution in [0.15, 0.2) is 91.0 Å². The van der Waals surface area contributed by atoms with Crippen LogP contribution in [0.3, 0.4) is 0 Å². The van der Waals surface area contributed by atoms with Gasteiger partial charge in [0.1, 0.15) is 0 Å². The average Bonchev–Trinajstić information content (AvgIpc) is 2.88. The maximum atomic E-state index is 13.7. The van der Waals surface area contributed by atoms with Crippen LogP contribution in [0.5, 0.6) is 0 Å². The van der Waals surface area contributed by atoms with E-state index in [0.29, 0.717) is 0 Å². The van der Waals surface area contributed by atoms with Crippen LogP contribution < -0.4 is 14.8 Å². The molecule has 0 spiro atoms. The van der Waals surface area contributed by atoms with Gasteiger partial charge in [0.05, 0.1) is 0 Å². The van der Waals surface area contributed by atoms with Gasteiger partial charge in [-0.3, -0.25) is 0 Å². The molecule has 3 aromatic carbocycles. The summed E-state index contributed by atoms with van der Waals surface area (Å²) >= 11 is 0.0431. The number of benzene rings is 3. The topological polar surface area (TPSA) is 29.5 Å². The van der Waals surface area contributed by atoms with Crippen LogP contribution in [0.4, 0.5) is 0 Å². The number of rotatable bonds is 12. The SMILES string of the molecule is CCN(CC)C(=O)C(CC(C)O[Si](c1ccccc1)(c1ccccc1)[Si](C)(C)C)[Se]c1ccccc1. The van der Waals surface area contributed by atoms with Crippen molar-refractivity contribution in [3.8, 4) is 0 Å². The van der Waals surface area contributed by atoms with E-state index in [1.165, 1.54) is 14.8 Å². The fourth-order valence-electron chi connectivity index (χ4n) is 4.94. The Hall–Kier alpha value is -1.96. The second-order valence-electron chi connectivity index (χ2n) is 10.3. The molecular weight excluding hydrogens is 541 g/mol. The van der Waals surface area contributed by atoms with Crippen LogP contribution in [-0.4, -0.2) is 60.4 Å². The van der Waals surface area contributed by atoms with Crippen molar-refractivity contribution in [1.29, 1.82) is 0 Å². The molecule has 3 nitrogen and oxygen atoms in total. The second kappa shape index (κ2) is 13.0. The summed E-state index contributed by atoms with van der Waals surface area (Å²) in [6.45, 7) is 15.2. The molecule has 0 bridgehead atoms. The van der Waals surface area contributed by atoms with E-state index in [9.17, 15) is 4.79 Å². The van der Waals surface area contributed by atoms with Gasteiger partial charge in [0, 0.05) is 0 Å². The van der Waals surface area contributed by atoms with Gasteiger partial charge in [0.15, 0.2) is 0 Å². The first-order valence-corrected chi connectivity index (χ1v) is 21.3. The standard InChI is InChI=1S/C30H41NO2SeSi2/c1-7-31(8-2)30(32)29(34-26-18-12-9-13-19-26)24-25(3)33-36(35(4,5)6,27-20-14-10-15-21-27)28-22-16-11-17-23-28/h9-23,25,29H,7-8,24H2,1-6H3. The molecule has 0 aromatic heterocycles. The van der Waals surface area contributed by atoms with Gasteiger partial charge in [-0.25, -0.2) is 0 Å². The van der Waals surface area contributed by atoms with Crippen molar-refractivity contribution in [2.24, 2.45) is 0 Å². The van der Waals surface area contributed by atoms with Crippen molar-refractivity contribution >= 4 is 51.1 Å². The van der Waals surface area contributed by atoms with Gasteiger partial charge >= 0.3 is 227 Å². The molecule has 0 aliphatic heterocycles. The van der Waals surface area contributed by atoms with Crippen LogP contribution in [0.1, 0.15) is 27.2 Å². The second-order valence-corrected chi connectivity index (χ2v) is 26.8. The molecule has 0 saturated heterocycles. The molecule has 0 saturated carbocycles. The van der Waals surface area contributed by atoms with Crippen molar-refractivity contribution in [2.75, 3.05) is 13.1 Å². The molecule has 2 unspecified atom stereocenters. The Balaban J connectivity index is 2.00. The molecule has 36 heavy (non-hydrogen) atoms. The first-order valence-electron chi connectivity index (χ1n) is 13.0. The molecule has 3 rings (SSSR count). The number of carbonyl (C=O) groups excluding carboxylic acids is 1. The zero-order valence-electron chi connectivity index (χ0n) is 22.6. The number of amides is 1. The van der Waals surface area contributed by atoms with Gasteiger partial charge in [-0.2, -0.15) is 0 Å². The van der Waals surface area contributed by atoms with Crippen LogP contribution in [0, 0.1) is 0 Å². The molecular formula is C30H41NO2SeSi2. The minimum atomic E-state index is -2.53. The maximum absolute atomic E-state index is 13.7. The van der Waals surface area contributed by atoms with Gasteiger partial charge in [0.2, 0.25) is 0 Å². The predicted molar refractivity (Wildman–Crippen MR) is 160 cm³/mol. The summed E-state index contributed by atoms with van der Waals surface area (Å²) in [4.78, 5) is 15.6. The summed E-state index contributed by atoms with van der Waals surface area (Å²) in [5, 5.41) is 2.67. The van der Waals surface area contributed by atoms with E-state index in [4.69, 9.17) is 4.43 Å². The van der Waals surface area contributed by atoms with Crippen molar-refractivity contribution in [1.82, 2.24) is 4.90 Å². The third kappa shape index (κ3) is 6.67. The van der Waals surface area contributed by atoms with Crippen molar-refractivity contribution in [2.45, 2.75) is 57.8 Å². The number of hydrogen-bond donors (Lipinski definition) is 0. The monoisotopic (exact) mass is 583 g/mol. The molecule has 0 heterocycles. The van der Waals surface area contributed by atoms with Crippen molar-refractivity contribution < 1.29 is 9.22 Å². The Labute approximate surface area is 226 Å². The van der Waals surface area contributed by atoms with E-state index in [1.54, 1.807) is 0 Å². The Morgan fingerprint density at radius 1 is 0.806 bits per heavy atom. The summed E-state index contributed by atoms with van der Waals surface area (Å²) in [7, 11) is -4.37. The quantitative estimate of drug-likeness (QED) is 0.291. The van der Waals surface area contributed by atoms with Crippen LogP contribution in [0.2, 0.25) is 24.5 Å². The Bertz CT molecular complexity index is 1030. The first kappa shape index (κ1) is 28.6. The van der Waals surface area contributed by atoms with Gasteiger partial charge in [-0.15, -0.1) is 0 Å². The summed E-state index contributed by atoms with van der Waals surface area (Å²) in [5.74, 6) is 0.263. The zero-order chi connectivity index (χ0) is 26.2. The van der Waals surface area contributed by atoms with E-state index in [0.717, 1.165) is 19.5 Å². The molecule has 6 heteroatoms. The molecule has 0 fully saturated rings. The molecule has 192 valence electrons. The van der Waals surface area contributed by atoms with E-state index in [1.807, 2.05) is 11.0 Å². The molecule has 0 radical (unpaired) electrons. The van der Waals surface area contributed by atoms with E-state index in [-0.39, 0.29) is 31.8 Å². The van der Waals surface area contributed by atoms with E-state index < -0.39 is 15.4 Å². The molecule has 0 aliphatic rings.